The van der Waals surface area contributed by atoms with Crippen LogP contribution in [0.4, 0.5) is 18.9 Å². The van der Waals surface area contributed by atoms with E-state index in [2.05, 4.69) is 22.3 Å². The summed E-state index contributed by atoms with van der Waals surface area (Å²) in [6.07, 6.45) is -4.27. The number of benzene rings is 2. The maximum atomic E-state index is 12.7. The number of β-amino-alcohol motifs (C(OH)–C–C–N with tert-alkyl or cyclic N) is 1. The molecule has 0 radical (unpaired) electrons. The quantitative estimate of drug-likeness (QED) is 0.841. The van der Waals surface area contributed by atoms with Crippen molar-refractivity contribution in [1.82, 2.24) is 4.90 Å². The van der Waals surface area contributed by atoms with E-state index in [4.69, 9.17) is 5.26 Å². The zero-order valence-electron chi connectivity index (χ0n) is 14.6. The average molecular weight is 375 g/mol. The number of nitriles is 1. The van der Waals surface area contributed by atoms with Gasteiger partial charge in [0.25, 0.3) is 0 Å². The zero-order valence-corrected chi connectivity index (χ0v) is 14.6. The molecule has 1 aliphatic rings. The van der Waals surface area contributed by atoms with E-state index in [9.17, 15) is 18.3 Å². The van der Waals surface area contributed by atoms with Gasteiger partial charge in [-0.05, 0) is 35.7 Å². The van der Waals surface area contributed by atoms with E-state index in [1.54, 1.807) is 6.07 Å². The summed E-state index contributed by atoms with van der Waals surface area (Å²) >= 11 is 0. The highest BCUT2D eigenvalue weighted by atomic mass is 19.4. The lowest BCUT2D eigenvalue weighted by atomic mass is 10.00. The van der Waals surface area contributed by atoms with Gasteiger partial charge >= 0.3 is 6.18 Å². The van der Waals surface area contributed by atoms with Crippen LogP contribution in [0.15, 0.2) is 42.5 Å². The standard InChI is InChI=1S/C20H20F3N3O/c21-20(22,23)17-5-6-19(16(9-17)10-24)25-11-18(27)13-26-8-7-14-3-1-2-4-15(14)12-26/h1-6,9,18,25,27H,7-8,11-13H2. The minimum Gasteiger partial charge on any atom is -0.390 e. The van der Waals surface area contributed by atoms with Gasteiger partial charge in [-0.2, -0.15) is 18.4 Å². The van der Waals surface area contributed by atoms with Gasteiger partial charge in [0.15, 0.2) is 0 Å². The number of nitrogens with one attached hydrogen (secondary N) is 1. The Kier molecular flexibility index (Phi) is 5.68. The number of hydrogen-bond donors (Lipinski definition) is 2. The van der Waals surface area contributed by atoms with Crippen LogP contribution in [0, 0.1) is 11.3 Å². The molecular weight excluding hydrogens is 355 g/mol. The van der Waals surface area contributed by atoms with Crippen molar-refractivity contribution in [3.63, 3.8) is 0 Å². The first-order chi connectivity index (χ1) is 12.9. The molecule has 1 aliphatic heterocycles. The summed E-state index contributed by atoms with van der Waals surface area (Å²) in [6.45, 7) is 2.21. The summed E-state index contributed by atoms with van der Waals surface area (Å²) in [5, 5.41) is 22.3. The molecule has 0 spiro atoms. The molecule has 2 N–H and O–H groups in total. The van der Waals surface area contributed by atoms with Crippen LogP contribution in [0.3, 0.4) is 0 Å². The van der Waals surface area contributed by atoms with Crippen LogP contribution in [0.25, 0.3) is 0 Å². The Balaban J connectivity index is 1.57. The van der Waals surface area contributed by atoms with Crippen LogP contribution in [0.2, 0.25) is 0 Å². The molecule has 1 atom stereocenters. The lowest BCUT2D eigenvalue weighted by Gasteiger charge is -2.30. The summed E-state index contributed by atoms with van der Waals surface area (Å²) in [6, 6.07) is 12.9. The number of aliphatic hydroxyl groups excluding tert-OH is 1. The highest BCUT2D eigenvalue weighted by Gasteiger charge is 2.31. The van der Waals surface area contributed by atoms with E-state index in [1.807, 2.05) is 12.1 Å². The minimum absolute atomic E-state index is 0.0936. The normalized spacial score (nSPS) is 15.7. The topological polar surface area (TPSA) is 59.3 Å². The number of hydrogen-bond acceptors (Lipinski definition) is 4. The third-order valence-electron chi connectivity index (χ3n) is 4.67. The number of nitrogens with zero attached hydrogens (tertiary/aromatic N) is 2. The summed E-state index contributed by atoms with van der Waals surface area (Å²) in [4.78, 5) is 2.15. The lowest BCUT2D eigenvalue weighted by Crippen LogP contribution is -2.39. The van der Waals surface area contributed by atoms with E-state index < -0.39 is 17.8 Å². The maximum absolute atomic E-state index is 12.7. The molecule has 0 aromatic heterocycles. The highest BCUT2D eigenvalue weighted by molar-refractivity contribution is 5.59. The number of aliphatic hydroxyl groups is 1. The molecule has 0 saturated carbocycles. The van der Waals surface area contributed by atoms with Crippen molar-refractivity contribution in [2.45, 2.75) is 25.2 Å². The van der Waals surface area contributed by atoms with Gasteiger partial charge in [-0.15, -0.1) is 0 Å². The second kappa shape index (κ2) is 7.99. The van der Waals surface area contributed by atoms with Crippen LogP contribution in [-0.4, -0.2) is 35.7 Å². The fourth-order valence-electron chi connectivity index (χ4n) is 3.27. The predicted octanol–water partition coefficient (Wildman–Crippen LogP) is 3.41. The van der Waals surface area contributed by atoms with Crippen molar-refractivity contribution >= 4 is 5.69 Å². The third-order valence-corrected chi connectivity index (χ3v) is 4.67. The van der Waals surface area contributed by atoms with Gasteiger partial charge in [-0.3, -0.25) is 4.90 Å². The maximum Gasteiger partial charge on any atom is 0.416 e. The number of rotatable bonds is 5. The van der Waals surface area contributed by atoms with Crippen LogP contribution in [0.5, 0.6) is 0 Å². The summed E-state index contributed by atoms with van der Waals surface area (Å²) in [5.41, 5.74) is 1.90. The Hall–Kier alpha value is -2.56. The molecule has 0 fully saturated rings. The van der Waals surface area contributed by atoms with Crippen molar-refractivity contribution in [2.24, 2.45) is 0 Å². The Morgan fingerprint density at radius 1 is 1.19 bits per heavy atom. The van der Waals surface area contributed by atoms with Crippen LogP contribution in [-0.2, 0) is 19.1 Å². The summed E-state index contributed by atoms with van der Waals surface area (Å²) < 4.78 is 38.2. The molecule has 0 saturated heterocycles. The molecule has 4 nitrogen and oxygen atoms in total. The predicted molar refractivity (Wildman–Crippen MR) is 96.1 cm³/mol. The Morgan fingerprint density at radius 3 is 2.63 bits per heavy atom. The molecule has 27 heavy (non-hydrogen) atoms. The minimum atomic E-state index is -4.49. The van der Waals surface area contributed by atoms with Gasteiger partial charge in [0, 0.05) is 26.2 Å². The molecule has 7 heteroatoms. The second-order valence-corrected chi connectivity index (χ2v) is 6.66. The van der Waals surface area contributed by atoms with Gasteiger partial charge in [0.1, 0.15) is 6.07 Å². The number of fused-ring (bicyclic) bond motifs is 1. The molecule has 2 aromatic carbocycles. The van der Waals surface area contributed by atoms with Gasteiger partial charge in [-0.1, -0.05) is 24.3 Å². The smallest absolute Gasteiger partial charge is 0.390 e. The van der Waals surface area contributed by atoms with E-state index in [0.717, 1.165) is 31.6 Å². The number of anilines is 1. The van der Waals surface area contributed by atoms with E-state index >= 15 is 0 Å². The average Bonchev–Trinajstić information content (AvgIpc) is 2.65. The second-order valence-electron chi connectivity index (χ2n) is 6.66. The molecule has 3 rings (SSSR count). The summed E-state index contributed by atoms with van der Waals surface area (Å²) in [5.74, 6) is 0. The summed E-state index contributed by atoms with van der Waals surface area (Å²) in [7, 11) is 0. The highest BCUT2D eigenvalue weighted by Crippen LogP contribution is 2.31. The van der Waals surface area contributed by atoms with E-state index in [1.165, 1.54) is 17.2 Å². The lowest BCUT2D eigenvalue weighted by molar-refractivity contribution is -0.137. The number of halogens is 3. The van der Waals surface area contributed by atoms with Crippen LogP contribution < -0.4 is 5.32 Å². The first-order valence-corrected chi connectivity index (χ1v) is 8.69. The fraction of sp³-hybridized carbons (Fsp3) is 0.350. The van der Waals surface area contributed by atoms with Crippen LogP contribution >= 0.6 is 0 Å². The van der Waals surface area contributed by atoms with Gasteiger partial charge in [0.2, 0.25) is 0 Å². The third kappa shape index (κ3) is 4.79. The fourth-order valence-corrected chi connectivity index (χ4v) is 3.27. The van der Waals surface area contributed by atoms with E-state index in [-0.39, 0.29) is 17.8 Å². The molecule has 142 valence electrons. The molecule has 2 aromatic rings. The molecule has 1 unspecified atom stereocenters. The Morgan fingerprint density at radius 2 is 1.93 bits per heavy atom. The molecule has 1 heterocycles. The van der Waals surface area contributed by atoms with Gasteiger partial charge in [0.05, 0.1) is 22.9 Å². The van der Waals surface area contributed by atoms with Crippen molar-refractivity contribution in [3.8, 4) is 6.07 Å². The number of alkyl halides is 3. The largest absolute Gasteiger partial charge is 0.416 e. The van der Waals surface area contributed by atoms with Gasteiger partial charge in [-0.25, -0.2) is 0 Å². The van der Waals surface area contributed by atoms with E-state index in [0.29, 0.717) is 6.54 Å². The van der Waals surface area contributed by atoms with Gasteiger partial charge < -0.3 is 10.4 Å². The van der Waals surface area contributed by atoms with Crippen molar-refractivity contribution in [2.75, 3.05) is 25.0 Å². The van der Waals surface area contributed by atoms with Crippen molar-refractivity contribution < 1.29 is 18.3 Å². The van der Waals surface area contributed by atoms with Crippen LogP contribution in [0.1, 0.15) is 22.3 Å². The zero-order chi connectivity index (χ0) is 19.4. The first-order valence-electron chi connectivity index (χ1n) is 8.69. The monoisotopic (exact) mass is 375 g/mol. The molecule has 0 bridgehead atoms. The Bertz CT molecular complexity index is 845. The Labute approximate surface area is 155 Å². The van der Waals surface area contributed by atoms with Crippen molar-refractivity contribution in [1.29, 1.82) is 5.26 Å². The van der Waals surface area contributed by atoms with Crippen molar-refractivity contribution in [3.05, 3.63) is 64.7 Å². The molecular formula is C20H20F3N3O. The molecule has 0 amide bonds. The molecule has 0 aliphatic carbocycles. The first kappa shape index (κ1) is 19.2. The SMILES string of the molecule is N#Cc1cc(C(F)(F)F)ccc1NCC(O)CN1CCc2ccccc2C1.